The first-order valence-electron chi connectivity index (χ1n) is 12.3. The van der Waals surface area contributed by atoms with Crippen molar-refractivity contribution in [2.75, 3.05) is 18.2 Å². The molecule has 2 aromatic rings. The van der Waals surface area contributed by atoms with Crippen LogP contribution >= 0.6 is 22.9 Å². The topological polar surface area (TPSA) is 266 Å². The molecule has 1 aliphatic rings. The van der Waals surface area contributed by atoms with E-state index in [9.17, 15) is 47.1 Å². The molecule has 0 radical (unpaired) electrons. The number of nitrogens with one attached hydrogen (secondary N) is 3. The smallest absolute Gasteiger partial charge is 0.363 e. The number of ether oxygens (including phenoxy) is 1. The van der Waals surface area contributed by atoms with Gasteiger partial charge in [0.2, 0.25) is 17.4 Å². The number of carbonyl (C=O) groups is 5. The average Bonchev–Trinajstić information content (AvgIpc) is 3.43. The Balaban J connectivity index is 1.85. The summed E-state index contributed by atoms with van der Waals surface area (Å²) in [6.45, 7) is 2.17. The zero-order chi connectivity index (χ0) is 33.7. The van der Waals surface area contributed by atoms with Crippen molar-refractivity contribution in [3.63, 3.8) is 0 Å². The number of carbonyl (C=O) groups excluding carboxylic acids is 5. The van der Waals surface area contributed by atoms with Crippen molar-refractivity contribution < 1.29 is 51.4 Å². The van der Waals surface area contributed by atoms with Crippen LogP contribution < -0.4 is 16.0 Å². The van der Waals surface area contributed by atoms with Gasteiger partial charge < -0.3 is 25.5 Å². The molecule has 45 heavy (non-hydrogen) atoms. The maximum Gasteiger partial charge on any atom is 0.363 e. The van der Waals surface area contributed by atoms with Crippen molar-refractivity contribution >= 4 is 79.4 Å². The molecule has 2 atom stereocenters. The molecule has 1 saturated heterocycles. The number of nitrogens with zero attached hydrogens (tertiary/aromatic N) is 4. The molecule has 3 rings (SSSR count). The number of β-lactam (4-membered cyclic amide) rings is 1. The molecule has 0 unspecified atom stereocenters. The van der Waals surface area contributed by atoms with Crippen LogP contribution in [0.25, 0.3) is 0 Å². The van der Waals surface area contributed by atoms with Crippen LogP contribution in [0.1, 0.15) is 25.1 Å². The fourth-order valence-corrected chi connectivity index (χ4v) is 5.13. The van der Waals surface area contributed by atoms with Crippen LogP contribution in [-0.2, 0) is 50.5 Å². The van der Waals surface area contributed by atoms with Crippen molar-refractivity contribution in [3.8, 4) is 0 Å². The van der Waals surface area contributed by atoms with Gasteiger partial charge >= 0.3 is 16.3 Å². The zero-order valence-electron chi connectivity index (χ0n) is 23.4. The van der Waals surface area contributed by atoms with E-state index in [2.05, 4.69) is 26.1 Å². The average molecular weight is 690 g/mol. The van der Waals surface area contributed by atoms with E-state index in [1.165, 1.54) is 43.5 Å². The molecule has 1 aromatic heterocycles. The van der Waals surface area contributed by atoms with Crippen LogP contribution in [0.15, 0.2) is 34.8 Å². The predicted octanol–water partition coefficient (Wildman–Crippen LogP) is -0.284. The number of benzene rings is 1. The number of nitro groups is 1. The molecule has 19 nitrogen and oxygen atoms in total. The number of alkyl halides is 1. The van der Waals surface area contributed by atoms with Gasteiger partial charge in [-0.25, -0.2) is 9.78 Å². The number of halogens is 1. The first-order chi connectivity index (χ1) is 21.0. The molecule has 1 aliphatic heterocycles. The number of rotatable bonds is 13. The molecular weight excluding hydrogens is 666 g/mol. The minimum Gasteiger partial charge on any atom is -0.458 e. The Morgan fingerprint density at radius 3 is 2.44 bits per heavy atom. The monoisotopic (exact) mass is 689 g/mol. The minimum atomic E-state index is -5.17. The van der Waals surface area contributed by atoms with Gasteiger partial charge in [0.05, 0.1) is 4.92 Å². The molecule has 0 aliphatic carbocycles. The van der Waals surface area contributed by atoms with Crippen molar-refractivity contribution in [3.05, 3.63) is 51.0 Å². The summed E-state index contributed by atoms with van der Waals surface area (Å²) in [5.41, 5.74) is -2.54. The van der Waals surface area contributed by atoms with Crippen LogP contribution in [0.2, 0.25) is 0 Å². The number of hydrogen-bond donors (Lipinski definition) is 4. The minimum absolute atomic E-state index is 0.0292. The highest BCUT2D eigenvalue weighted by molar-refractivity contribution is 7.84. The van der Waals surface area contributed by atoms with Gasteiger partial charge in [-0.1, -0.05) is 5.16 Å². The maximum atomic E-state index is 13.3. The predicted molar refractivity (Wildman–Crippen MR) is 154 cm³/mol. The number of amides is 4. The van der Waals surface area contributed by atoms with Crippen molar-refractivity contribution in [1.29, 1.82) is 0 Å². The van der Waals surface area contributed by atoms with Gasteiger partial charge in [0.25, 0.3) is 17.5 Å². The third-order valence-corrected chi connectivity index (χ3v) is 7.71. The number of likely N-dealkylation sites (N-methyl/N-ethyl adjacent to an activating group) is 1. The van der Waals surface area contributed by atoms with Crippen LogP contribution in [0.3, 0.4) is 0 Å². The number of oxime groups is 1. The van der Waals surface area contributed by atoms with Crippen LogP contribution in [0, 0.1) is 10.1 Å². The molecule has 2 heterocycles. The Morgan fingerprint density at radius 1 is 1.24 bits per heavy atom. The van der Waals surface area contributed by atoms with Gasteiger partial charge in [-0.2, -0.15) is 12.7 Å². The lowest BCUT2D eigenvalue weighted by molar-refractivity contribution is -0.384. The molecule has 22 heteroatoms. The number of aromatic nitrogens is 1. The largest absolute Gasteiger partial charge is 0.458 e. The summed E-state index contributed by atoms with van der Waals surface area (Å²) in [4.78, 5) is 82.1. The summed E-state index contributed by atoms with van der Waals surface area (Å²) >= 11 is 6.32. The van der Waals surface area contributed by atoms with E-state index in [1.54, 1.807) is 0 Å². The van der Waals surface area contributed by atoms with E-state index in [4.69, 9.17) is 21.2 Å². The Labute approximate surface area is 262 Å². The number of anilines is 1. The summed E-state index contributed by atoms with van der Waals surface area (Å²) < 4.78 is 37.7. The van der Waals surface area contributed by atoms with E-state index in [0.29, 0.717) is 5.56 Å². The molecule has 0 saturated carbocycles. The standard InChI is InChI=1S/C23H24ClN7O12S2/c1-23(2,21(36)42-9-11-4-6-12(7-5-11)31(37)38)43-29-15(13-10-44-22(26-13)27-14(32)8-24)18(33)28-16-17(19(34)25-3)30(20(16)35)45(39,40)41/h4-7,10,16-17H,8-9H2,1-3H3,(H,25,34)(H,28,33)(H,26,27,32)(H,39,40,41)/t16-,17-/m1/s1. The highest BCUT2D eigenvalue weighted by atomic mass is 35.5. The molecule has 0 bridgehead atoms. The molecular formula is C23H24ClN7O12S2. The normalized spacial score (nSPS) is 16.7. The lowest BCUT2D eigenvalue weighted by Crippen LogP contribution is -2.76. The van der Waals surface area contributed by atoms with Gasteiger partial charge in [-0.15, -0.1) is 22.9 Å². The number of thiazole rings is 1. The second kappa shape index (κ2) is 13.9. The van der Waals surface area contributed by atoms with Gasteiger partial charge in [-0.05, 0) is 31.5 Å². The first-order valence-corrected chi connectivity index (χ1v) is 15.1. The third kappa shape index (κ3) is 8.26. The SMILES string of the molecule is CNC(=O)[C@H]1[C@@H](NC(=O)C(=NOC(C)(C)C(=O)OCc2ccc([N+](=O)[O-])cc2)c2csc(NC(=O)CCl)n2)C(=O)N1S(=O)(=O)O. The lowest BCUT2D eigenvalue weighted by atomic mass is 9.97. The van der Waals surface area contributed by atoms with E-state index in [0.717, 1.165) is 18.4 Å². The van der Waals surface area contributed by atoms with E-state index in [1.807, 2.05) is 0 Å². The molecule has 242 valence electrons. The molecule has 0 spiro atoms. The Kier molecular flexibility index (Phi) is 10.8. The Bertz CT molecular complexity index is 1660. The molecule has 1 aromatic carbocycles. The van der Waals surface area contributed by atoms with Crippen LogP contribution in [0.4, 0.5) is 10.8 Å². The van der Waals surface area contributed by atoms with Crippen LogP contribution in [0.5, 0.6) is 0 Å². The molecule has 1 fully saturated rings. The third-order valence-electron chi connectivity index (χ3n) is 5.81. The van der Waals surface area contributed by atoms with Crippen molar-refractivity contribution in [1.82, 2.24) is 19.9 Å². The maximum absolute atomic E-state index is 13.3. The molecule has 4 N–H and O–H groups in total. The van der Waals surface area contributed by atoms with Gasteiger partial charge in [0.1, 0.15) is 24.2 Å². The van der Waals surface area contributed by atoms with Gasteiger partial charge in [-0.3, -0.25) is 33.8 Å². The highest BCUT2D eigenvalue weighted by Gasteiger charge is 2.57. The van der Waals surface area contributed by atoms with Crippen molar-refractivity contribution in [2.24, 2.45) is 5.16 Å². The first kappa shape index (κ1) is 34.8. The van der Waals surface area contributed by atoms with Crippen LogP contribution in [-0.4, -0.2) is 93.1 Å². The van der Waals surface area contributed by atoms with Gasteiger partial charge in [0.15, 0.2) is 16.9 Å². The summed E-state index contributed by atoms with van der Waals surface area (Å²) in [6, 6.07) is 1.55. The fourth-order valence-electron chi connectivity index (χ4n) is 3.51. The summed E-state index contributed by atoms with van der Waals surface area (Å²) in [7, 11) is -4.04. The summed E-state index contributed by atoms with van der Waals surface area (Å²) in [6.07, 6.45) is 0. The second-order valence-electron chi connectivity index (χ2n) is 9.38. The van der Waals surface area contributed by atoms with E-state index >= 15 is 0 Å². The quantitative estimate of drug-likeness (QED) is 0.0401. The number of nitro benzene ring substituents is 1. The summed E-state index contributed by atoms with van der Waals surface area (Å²) in [5, 5.41) is 22.4. The van der Waals surface area contributed by atoms with E-state index < -0.39 is 74.1 Å². The fraction of sp³-hybridized carbons (Fsp3) is 0.348. The Morgan fingerprint density at radius 2 is 1.89 bits per heavy atom. The lowest BCUT2D eigenvalue weighted by Gasteiger charge is -2.42. The number of esters is 1. The summed E-state index contributed by atoms with van der Waals surface area (Å²) in [5.74, 6) is -5.63. The van der Waals surface area contributed by atoms with Gasteiger partial charge in [0, 0.05) is 24.6 Å². The number of hydrogen-bond acceptors (Lipinski definition) is 14. The zero-order valence-corrected chi connectivity index (χ0v) is 25.8. The molecule has 4 amide bonds. The number of non-ortho nitro benzene ring substituents is 1. The Hall–Kier alpha value is -4.73. The van der Waals surface area contributed by atoms with Crippen molar-refractivity contribution in [2.45, 2.75) is 38.1 Å². The second-order valence-corrected chi connectivity index (χ2v) is 11.8. The highest BCUT2D eigenvalue weighted by Crippen LogP contribution is 2.25. The van der Waals surface area contributed by atoms with E-state index in [-0.39, 0.29) is 27.4 Å².